The zero-order valence-electron chi connectivity index (χ0n) is 12.1. The number of ether oxygens (including phenoxy) is 1. The topological polar surface area (TPSA) is 47.0 Å². The van der Waals surface area contributed by atoms with Gasteiger partial charge in [-0.1, -0.05) is 32.1 Å². The molecule has 1 aliphatic carbocycles. The minimum Gasteiger partial charge on any atom is -0.475 e. The Kier molecular flexibility index (Phi) is 5.43. The normalized spacial score (nSPS) is 17.8. The Bertz CT molecular complexity index is 373. The lowest BCUT2D eigenvalue weighted by molar-refractivity contribution is 0.232. The van der Waals surface area contributed by atoms with Gasteiger partial charge in [-0.2, -0.15) is 0 Å². The maximum atomic E-state index is 5.60. The molecule has 2 rings (SSSR count). The monoisotopic (exact) mass is 263 g/mol. The summed E-state index contributed by atoms with van der Waals surface area (Å²) in [5.74, 6) is 1.54. The molecule has 4 nitrogen and oxygen atoms in total. The molecule has 1 heterocycles. The number of hydrogen-bond acceptors (Lipinski definition) is 4. The SMILES string of the molecule is CC(C)Oc1cc(NC2CCCCCCC2)ncn1. The van der Waals surface area contributed by atoms with Crippen molar-refractivity contribution in [3.8, 4) is 5.88 Å². The van der Waals surface area contributed by atoms with Crippen molar-refractivity contribution in [1.82, 2.24) is 9.97 Å². The van der Waals surface area contributed by atoms with Gasteiger partial charge in [0.1, 0.15) is 12.1 Å². The van der Waals surface area contributed by atoms with Crippen molar-refractivity contribution in [3.05, 3.63) is 12.4 Å². The molecule has 4 heteroatoms. The first-order chi connectivity index (χ1) is 9.24. The zero-order valence-corrected chi connectivity index (χ0v) is 12.1. The van der Waals surface area contributed by atoms with Crippen molar-refractivity contribution in [2.75, 3.05) is 5.32 Å². The molecule has 0 atom stereocenters. The fourth-order valence-corrected chi connectivity index (χ4v) is 2.53. The molecule has 1 fully saturated rings. The highest BCUT2D eigenvalue weighted by Gasteiger charge is 2.12. The molecule has 1 aromatic heterocycles. The Balaban J connectivity index is 1.93. The predicted molar refractivity (Wildman–Crippen MR) is 77.5 cm³/mol. The highest BCUT2D eigenvalue weighted by Crippen LogP contribution is 2.21. The Morgan fingerprint density at radius 2 is 1.79 bits per heavy atom. The van der Waals surface area contributed by atoms with Crippen LogP contribution in [0.4, 0.5) is 5.82 Å². The zero-order chi connectivity index (χ0) is 13.5. The van der Waals surface area contributed by atoms with Crippen LogP contribution in [0.15, 0.2) is 12.4 Å². The molecule has 1 aromatic rings. The van der Waals surface area contributed by atoms with Crippen LogP contribution in [0.1, 0.15) is 58.8 Å². The van der Waals surface area contributed by atoms with Gasteiger partial charge in [0.25, 0.3) is 0 Å². The van der Waals surface area contributed by atoms with Crippen LogP contribution >= 0.6 is 0 Å². The number of aromatic nitrogens is 2. The summed E-state index contributed by atoms with van der Waals surface area (Å²) < 4.78 is 5.60. The van der Waals surface area contributed by atoms with Crippen molar-refractivity contribution in [3.63, 3.8) is 0 Å². The standard InChI is InChI=1S/C15H25N3O/c1-12(2)19-15-10-14(16-11-17-15)18-13-8-6-4-3-5-7-9-13/h10-13H,3-9H2,1-2H3,(H,16,17,18). The van der Waals surface area contributed by atoms with Crippen LogP contribution in [0.5, 0.6) is 5.88 Å². The number of hydrogen-bond donors (Lipinski definition) is 1. The number of anilines is 1. The second-order valence-corrected chi connectivity index (χ2v) is 5.59. The van der Waals surface area contributed by atoms with Crippen molar-refractivity contribution in [2.45, 2.75) is 70.9 Å². The Hall–Kier alpha value is -1.32. The first kappa shape index (κ1) is 14.1. The molecule has 0 bridgehead atoms. The van der Waals surface area contributed by atoms with Crippen molar-refractivity contribution in [2.24, 2.45) is 0 Å². The van der Waals surface area contributed by atoms with Gasteiger partial charge in [0.05, 0.1) is 6.10 Å². The van der Waals surface area contributed by atoms with Crippen LogP contribution in [0.25, 0.3) is 0 Å². The first-order valence-electron chi connectivity index (χ1n) is 7.49. The van der Waals surface area contributed by atoms with Crippen LogP contribution in [-0.4, -0.2) is 22.1 Å². The summed E-state index contributed by atoms with van der Waals surface area (Å²) >= 11 is 0. The average molecular weight is 263 g/mol. The molecular formula is C15H25N3O. The van der Waals surface area contributed by atoms with Gasteiger partial charge in [-0.3, -0.25) is 0 Å². The van der Waals surface area contributed by atoms with Gasteiger partial charge in [0, 0.05) is 12.1 Å². The first-order valence-corrected chi connectivity index (χ1v) is 7.49. The molecule has 0 saturated heterocycles. The van der Waals surface area contributed by atoms with E-state index in [-0.39, 0.29) is 6.10 Å². The van der Waals surface area contributed by atoms with Crippen molar-refractivity contribution >= 4 is 5.82 Å². The molecule has 0 aliphatic heterocycles. The van der Waals surface area contributed by atoms with Gasteiger partial charge in [-0.05, 0) is 26.7 Å². The van der Waals surface area contributed by atoms with E-state index in [1.54, 1.807) is 6.33 Å². The van der Waals surface area contributed by atoms with E-state index in [9.17, 15) is 0 Å². The van der Waals surface area contributed by atoms with E-state index in [2.05, 4.69) is 15.3 Å². The third-order valence-electron chi connectivity index (χ3n) is 3.46. The van der Waals surface area contributed by atoms with E-state index in [0.717, 1.165) is 5.82 Å². The van der Waals surface area contributed by atoms with E-state index >= 15 is 0 Å². The highest BCUT2D eigenvalue weighted by molar-refractivity contribution is 5.38. The summed E-state index contributed by atoms with van der Waals surface area (Å²) in [6.45, 7) is 4.01. The summed E-state index contributed by atoms with van der Waals surface area (Å²) in [6, 6.07) is 2.45. The molecule has 0 radical (unpaired) electrons. The van der Waals surface area contributed by atoms with E-state index in [0.29, 0.717) is 11.9 Å². The fraction of sp³-hybridized carbons (Fsp3) is 0.733. The van der Waals surface area contributed by atoms with Gasteiger partial charge in [-0.15, -0.1) is 0 Å². The molecule has 1 saturated carbocycles. The number of nitrogens with one attached hydrogen (secondary N) is 1. The summed E-state index contributed by atoms with van der Waals surface area (Å²) in [5, 5.41) is 3.53. The number of nitrogens with zero attached hydrogens (tertiary/aromatic N) is 2. The lowest BCUT2D eigenvalue weighted by atomic mass is 9.97. The van der Waals surface area contributed by atoms with Crippen LogP contribution in [0.2, 0.25) is 0 Å². The molecule has 19 heavy (non-hydrogen) atoms. The molecule has 0 aromatic carbocycles. The quantitative estimate of drug-likeness (QED) is 0.897. The molecular weight excluding hydrogens is 238 g/mol. The Morgan fingerprint density at radius 1 is 1.11 bits per heavy atom. The average Bonchev–Trinajstić information content (AvgIpc) is 2.32. The van der Waals surface area contributed by atoms with Gasteiger partial charge in [0.2, 0.25) is 5.88 Å². The summed E-state index contributed by atoms with van der Waals surface area (Å²) in [4.78, 5) is 8.43. The second kappa shape index (κ2) is 7.31. The largest absolute Gasteiger partial charge is 0.475 e. The minimum absolute atomic E-state index is 0.143. The molecule has 1 N–H and O–H groups in total. The van der Waals surface area contributed by atoms with Crippen LogP contribution in [0.3, 0.4) is 0 Å². The van der Waals surface area contributed by atoms with E-state index < -0.39 is 0 Å². The third-order valence-corrected chi connectivity index (χ3v) is 3.46. The summed E-state index contributed by atoms with van der Waals surface area (Å²) in [6.07, 6.45) is 11.0. The second-order valence-electron chi connectivity index (χ2n) is 5.59. The summed E-state index contributed by atoms with van der Waals surface area (Å²) in [7, 11) is 0. The molecule has 1 aliphatic rings. The van der Waals surface area contributed by atoms with Crippen LogP contribution in [0, 0.1) is 0 Å². The molecule has 0 amide bonds. The molecule has 0 spiro atoms. The van der Waals surface area contributed by atoms with Gasteiger partial charge in [-0.25, -0.2) is 9.97 Å². The van der Waals surface area contributed by atoms with Gasteiger partial charge in [0.15, 0.2) is 0 Å². The Morgan fingerprint density at radius 3 is 2.47 bits per heavy atom. The lowest BCUT2D eigenvalue weighted by Gasteiger charge is -2.21. The molecule has 0 unspecified atom stereocenters. The lowest BCUT2D eigenvalue weighted by Crippen LogP contribution is -2.21. The van der Waals surface area contributed by atoms with E-state index in [4.69, 9.17) is 4.74 Å². The maximum absolute atomic E-state index is 5.60. The smallest absolute Gasteiger partial charge is 0.218 e. The molecule has 106 valence electrons. The minimum atomic E-state index is 0.143. The van der Waals surface area contributed by atoms with Crippen LogP contribution in [-0.2, 0) is 0 Å². The van der Waals surface area contributed by atoms with Crippen molar-refractivity contribution in [1.29, 1.82) is 0 Å². The van der Waals surface area contributed by atoms with Gasteiger partial charge >= 0.3 is 0 Å². The fourth-order valence-electron chi connectivity index (χ4n) is 2.53. The van der Waals surface area contributed by atoms with E-state index in [1.807, 2.05) is 19.9 Å². The van der Waals surface area contributed by atoms with Crippen LogP contribution < -0.4 is 10.1 Å². The third kappa shape index (κ3) is 5.05. The predicted octanol–water partition coefficient (Wildman–Crippen LogP) is 3.79. The van der Waals surface area contributed by atoms with Gasteiger partial charge < -0.3 is 10.1 Å². The maximum Gasteiger partial charge on any atom is 0.218 e. The van der Waals surface area contributed by atoms with E-state index in [1.165, 1.54) is 44.9 Å². The number of rotatable bonds is 4. The van der Waals surface area contributed by atoms with Crippen molar-refractivity contribution < 1.29 is 4.74 Å². The highest BCUT2D eigenvalue weighted by atomic mass is 16.5. The Labute approximate surface area is 116 Å². The summed E-state index contributed by atoms with van der Waals surface area (Å²) in [5.41, 5.74) is 0.